The Labute approximate surface area is 212 Å². The van der Waals surface area contributed by atoms with E-state index in [1.165, 1.54) is 0 Å². The monoisotopic (exact) mass is 504 g/mol. The third-order valence-electron chi connectivity index (χ3n) is 5.54. The van der Waals surface area contributed by atoms with Gasteiger partial charge in [0.1, 0.15) is 11.6 Å². The van der Waals surface area contributed by atoms with Gasteiger partial charge in [0, 0.05) is 42.1 Å². The molecule has 2 aromatic carbocycles. The average molecular weight is 505 g/mol. The smallest absolute Gasteiger partial charge is 0.229 e. The van der Waals surface area contributed by atoms with E-state index in [2.05, 4.69) is 42.3 Å². The van der Waals surface area contributed by atoms with Gasteiger partial charge < -0.3 is 15.2 Å². The van der Waals surface area contributed by atoms with Crippen LogP contribution in [0.5, 0.6) is 0 Å². The SMILES string of the molecule is Cc1cnc(Nc2ccc(Cn3ccnc3C)cc2)nc1Nc1cccc(S(=O)(=O)CC(C)(C)C)c1. The van der Waals surface area contributed by atoms with E-state index >= 15 is 0 Å². The number of hydrogen-bond donors (Lipinski definition) is 2. The minimum absolute atomic E-state index is 0.0742. The number of sulfone groups is 1. The normalized spacial score (nSPS) is 11.9. The van der Waals surface area contributed by atoms with Crippen molar-refractivity contribution in [2.75, 3.05) is 16.4 Å². The van der Waals surface area contributed by atoms with Gasteiger partial charge >= 0.3 is 0 Å². The molecule has 188 valence electrons. The highest BCUT2D eigenvalue weighted by molar-refractivity contribution is 7.91. The molecular weight excluding hydrogens is 472 g/mol. The number of aromatic nitrogens is 4. The maximum Gasteiger partial charge on any atom is 0.229 e. The number of nitrogens with zero attached hydrogens (tertiary/aromatic N) is 4. The molecule has 4 rings (SSSR count). The Balaban J connectivity index is 1.48. The van der Waals surface area contributed by atoms with Crippen LogP contribution in [0.2, 0.25) is 0 Å². The minimum atomic E-state index is -3.40. The summed E-state index contributed by atoms with van der Waals surface area (Å²) >= 11 is 0. The van der Waals surface area contributed by atoms with Gasteiger partial charge in [-0.25, -0.2) is 18.4 Å². The Morgan fingerprint density at radius 3 is 2.36 bits per heavy atom. The molecule has 0 fully saturated rings. The molecule has 2 N–H and O–H groups in total. The predicted molar refractivity (Wildman–Crippen MR) is 144 cm³/mol. The summed E-state index contributed by atoms with van der Waals surface area (Å²) in [6.07, 6.45) is 5.49. The van der Waals surface area contributed by atoms with Crippen molar-refractivity contribution >= 4 is 33.0 Å². The standard InChI is InChI=1S/C27H32N6O2S/c1-19-16-29-26(31-22-11-9-21(10-12-22)17-33-14-13-28-20(33)2)32-25(19)30-23-7-6-8-24(15-23)36(34,35)18-27(3,4)5/h6-16H,17-18H2,1-5H3,(H2,29,30,31,32). The zero-order valence-corrected chi connectivity index (χ0v) is 22.1. The Morgan fingerprint density at radius 2 is 1.69 bits per heavy atom. The molecule has 0 saturated carbocycles. The summed E-state index contributed by atoms with van der Waals surface area (Å²) in [5, 5.41) is 6.49. The molecule has 0 bridgehead atoms. The Kier molecular flexibility index (Phi) is 7.12. The van der Waals surface area contributed by atoms with Crippen molar-refractivity contribution in [3.8, 4) is 0 Å². The molecule has 0 amide bonds. The fourth-order valence-corrected chi connectivity index (χ4v) is 5.68. The molecular formula is C27H32N6O2S. The van der Waals surface area contributed by atoms with E-state index in [1.807, 2.05) is 59.0 Å². The van der Waals surface area contributed by atoms with E-state index < -0.39 is 9.84 Å². The number of hydrogen-bond acceptors (Lipinski definition) is 7. The highest BCUT2D eigenvalue weighted by Gasteiger charge is 2.23. The first kappa shape index (κ1) is 25.4. The van der Waals surface area contributed by atoms with E-state index in [1.54, 1.807) is 30.6 Å². The number of aryl methyl sites for hydroxylation is 2. The lowest BCUT2D eigenvalue weighted by atomic mass is 10.0. The lowest BCUT2D eigenvalue weighted by molar-refractivity contribution is 0.462. The number of rotatable bonds is 8. The van der Waals surface area contributed by atoms with Crippen molar-refractivity contribution in [3.63, 3.8) is 0 Å². The van der Waals surface area contributed by atoms with Crippen molar-refractivity contribution in [3.05, 3.63) is 84.1 Å². The second-order valence-corrected chi connectivity index (χ2v) is 12.1. The van der Waals surface area contributed by atoms with Gasteiger partial charge in [-0.3, -0.25) is 0 Å². The molecule has 0 unspecified atom stereocenters. The Hall–Kier alpha value is -3.72. The molecule has 0 saturated heterocycles. The van der Waals surface area contributed by atoms with Gasteiger partial charge in [-0.05, 0) is 55.2 Å². The van der Waals surface area contributed by atoms with E-state index in [9.17, 15) is 8.42 Å². The predicted octanol–water partition coefficient (Wildman–Crippen LogP) is 5.65. The van der Waals surface area contributed by atoms with Gasteiger partial charge in [0.05, 0.1) is 10.6 Å². The molecule has 2 aromatic heterocycles. The molecule has 36 heavy (non-hydrogen) atoms. The van der Waals surface area contributed by atoms with E-state index in [0.29, 0.717) is 22.3 Å². The minimum Gasteiger partial charge on any atom is -0.340 e. The summed E-state index contributed by atoms with van der Waals surface area (Å²) in [5.41, 5.74) is 3.19. The molecule has 0 aliphatic carbocycles. The van der Waals surface area contributed by atoms with Gasteiger partial charge in [0.2, 0.25) is 5.95 Å². The van der Waals surface area contributed by atoms with Gasteiger partial charge in [0.15, 0.2) is 9.84 Å². The second kappa shape index (κ2) is 10.1. The Bertz CT molecular complexity index is 1450. The van der Waals surface area contributed by atoms with Crippen LogP contribution in [0.3, 0.4) is 0 Å². The molecule has 9 heteroatoms. The van der Waals surface area contributed by atoms with Crippen molar-refractivity contribution in [2.24, 2.45) is 5.41 Å². The molecule has 2 heterocycles. The van der Waals surface area contributed by atoms with Gasteiger partial charge in [-0.2, -0.15) is 4.98 Å². The van der Waals surface area contributed by atoms with Crippen LogP contribution in [-0.2, 0) is 16.4 Å². The van der Waals surface area contributed by atoms with Gasteiger partial charge in [-0.15, -0.1) is 0 Å². The number of benzene rings is 2. The van der Waals surface area contributed by atoms with Gasteiger partial charge in [0.25, 0.3) is 0 Å². The van der Waals surface area contributed by atoms with Gasteiger partial charge in [-0.1, -0.05) is 39.0 Å². The molecule has 0 atom stereocenters. The molecule has 0 spiro atoms. The quantitative estimate of drug-likeness (QED) is 0.320. The highest BCUT2D eigenvalue weighted by atomic mass is 32.2. The fraction of sp³-hybridized carbons (Fsp3) is 0.296. The first-order valence-corrected chi connectivity index (χ1v) is 13.4. The van der Waals surface area contributed by atoms with Crippen LogP contribution in [0.15, 0.2) is 72.0 Å². The van der Waals surface area contributed by atoms with Crippen LogP contribution in [0.4, 0.5) is 23.1 Å². The summed E-state index contributed by atoms with van der Waals surface area (Å²) in [7, 11) is -3.40. The van der Waals surface area contributed by atoms with E-state index in [4.69, 9.17) is 0 Å². The van der Waals surface area contributed by atoms with Crippen LogP contribution < -0.4 is 10.6 Å². The van der Waals surface area contributed by atoms with Crippen molar-refractivity contribution < 1.29 is 8.42 Å². The first-order chi connectivity index (χ1) is 17.0. The van der Waals surface area contributed by atoms with Crippen LogP contribution in [0.1, 0.15) is 37.7 Å². The number of nitrogens with one attached hydrogen (secondary N) is 2. The maximum absolute atomic E-state index is 12.8. The number of anilines is 4. The third kappa shape index (κ3) is 6.48. The van der Waals surface area contributed by atoms with Crippen molar-refractivity contribution in [1.29, 1.82) is 0 Å². The van der Waals surface area contributed by atoms with Crippen molar-refractivity contribution in [1.82, 2.24) is 19.5 Å². The van der Waals surface area contributed by atoms with Crippen molar-refractivity contribution in [2.45, 2.75) is 46.1 Å². The summed E-state index contributed by atoms with van der Waals surface area (Å²) in [5.74, 6) is 2.09. The average Bonchev–Trinajstić information content (AvgIpc) is 3.20. The largest absolute Gasteiger partial charge is 0.340 e. The molecule has 0 aliphatic rings. The zero-order chi connectivity index (χ0) is 25.9. The third-order valence-corrected chi connectivity index (χ3v) is 7.76. The molecule has 0 radical (unpaired) electrons. The highest BCUT2D eigenvalue weighted by Crippen LogP contribution is 2.26. The van der Waals surface area contributed by atoms with Crippen LogP contribution in [0, 0.1) is 19.3 Å². The van der Waals surface area contributed by atoms with E-state index in [-0.39, 0.29) is 11.2 Å². The molecule has 4 aromatic rings. The number of imidazole rings is 1. The lowest BCUT2D eigenvalue weighted by Gasteiger charge is -2.18. The molecule has 0 aliphatic heterocycles. The lowest BCUT2D eigenvalue weighted by Crippen LogP contribution is -2.20. The Morgan fingerprint density at radius 1 is 0.944 bits per heavy atom. The first-order valence-electron chi connectivity index (χ1n) is 11.8. The van der Waals surface area contributed by atoms with Crippen LogP contribution in [0.25, 0.3) is 0 Å². The maximum atomic E-state index is 12.8. The fourth-order valence-electron chi connectivity index (χ4n) is 3.78. The zero-order valence-electron chi connectivity index (χ0n) is 21.3. The summed E-state index contributed by atoms with van der Waals surface area (Å²) in [6, 6.07) is 14.9. The summed E-state index contributed by atoms with van der Waals surface area (Å²) in [4.78, 5) is 13.6. The van der Waals surface area contributed by atoms with Crippen LogP contribution >= 0.6 is 0 Å². The van der Waals surface area contributed by atoms with Crippen LogP contribution in [-0.4, -0.2) is 33.7 Å². The molecule has 8 nitrogen and oxygen atoms in total. The topological polar surface area (TPSA) is 102 Å². The second-order valence-electron chi connectivity index (χ2n) is 10.1. The van der Waals surface area contributed by atoms with E-state index in [0.717, 1.165) is 29.2 Å². The summed E-state index contributed by atoms with van der Waals surface area (Å²) < 4.78 is 27.8. The summed E-state index contributed by atoms with van der Waals surface area (Å²) in [6.45, 7) is 10.4.